The topological polar surface area (TPSA) is 339 Å². The van der Waals surface area contributed by atoms with Gasteiger partial charge in [-0.25, -0.2) is 0 Å². The van der Waals surface area contributed by atoms with Crippen LogP contribution in [0.25, 0.3) is 22.3 Å². The molecule has 0 unspecified atom stereocenters. The highest BCUT2D eigenvalue weighted by molar-refractivity contribution is 5.89. The minimum absolute atomic E-state index is 0.00208. The number of benzene rings is 2. The number of aromatic hydroxyl groups is 3. The largest absolute Gasteiger partial charge is 0.507 e. The van der Waals surface area contributed by atoms with Crippen molar-refractivity contribution in [3.8, 4) is 34.3 Å². The summed E-state index contributed by atoms with van der Waals surface area (Å²) in [7, 11) is 0. The van der Waals surface area contributed by atoms with Crippen LogP contribution in [0.3, 0.4) is 0 Å². The van der Waals surface area contributed by atoms with Gasteiger partial charge in [0.1, 0.15) is 95.9 Å². The fourth-order valence-electron chi connectivity index (χ4n) is 6.55. The van der Waals surface area contributed by atoms with E-state index in [9.17, 15) is 71.2 Å². The molecule has 6 rings (SSSR count). The first-order valence-corrected chi connectivity index (χ1v) is 16.4. The van der Waals surface area contributed by atoms with E-state index in [0.717, 1.165) is 24.3 Å². The van der Waals surface area contributed by atoms with Crippen LogP contribution in [0.1, 0.15) is 18.6 Å². The molecule has 2 aromatic carbocycles. The smallest absolute Gasteiger partial charge is 0.229 e. The van der Waals surface area contributed by atoms with Gasteiger partial charge in [-0.1, -0.05) is 0 Å². The van der Waals surface area contributed by atoms with Crippen molar-refractivity contribution in [3.63, 3.8) is 0 Å². The molecule has 292 valence electrons. The molecule has 53 heavy (non-hydrogen) atoms. The lowest BCUT2D eigenvalue weighted by Gasteiger charge is -2.46. The number of aliphatic hydroxyl groups excluding tert-OH is 10. The normalized spacial score (nSPS) is 37.8. The SMILES string of the molecule is C[C@H]1O[C@@H](O[C@@H]2[C@@H](O)[C@H](O)[C@@H](CO)O[C@H]2c2c(O)cc(O)c3c(=O)cc(-c4ccc(O[C@@H]5O[C@H](CO)[C@@H](O)[C@@H](O)[C@@H]5O)c(O)c4)oc23)[C@H](O)[C@@H](O)[C@H]1O. The Morgan fingerprint density at radius 3 is 1.94 bits per heavy atom. The predicted octanol–water partition coefficient (Wildman–Crippen LogP) is -3.88. The van der Waals surface area contributed by atoms with Crippen molar-refractivity contribution in [2.75, 3.05) is 13.2 Å². The zero-order chi connectivity index (χ0) is 38.6. The second-order valence-corrected chi connectivity index (χ2v) is 13.0. The number of aliphatic hydroxyl groups is 10. The molecule has 3 fully saturated rings. The first-order chi connectivity index (χ1) is 25.1. The molecule has 3 aliphatic heterocycles. The summed E-state index contributed by atoms with van der Waals surface area (Å²) in [6.45, 7) is -0.236. The molecular weight excluding hydrogens is 716 g/mol. The first-order valence-electron chi connectivity index (χ1n) is 16.4. The summed E-state index contributed by atoms with van der Waals surface area (Å²) >= 11 is 0. The van der Waals surface area contributed by atoms with Gasteiger partial charge in [-0.05, 0) is 25.1 Å². The second-order valence-electron chi connectivity index (χ2n) is 13.0. The molecule has 20 nitrogen and oxygen atoms in total. The minimum Gasteiger partial charge on any atom is -0.507 e. The molecule has 0 bridgehead atoms. The molecule has 13 N–H and O–H groups in total. The lowest BCUT2D eigenvalue weighted by Crippen LogP contribution is -2.61. The lowest BCUT2D eigenvalue weighted by atomic mass is 9.89. The van der Waals surface area contributed by atoms with Gasteiger partial charge >= 0.3 is 0 Å². The van der Waals surface area contributed by atoms with Crippen LogP contribution in [0, 0.1) is 0 Å². The summed E-state index contributed by atoms with van der Waals surface area (Å²) in [5.74, 6) is -2.74. The Kier molecular flexibility index (Phi) is 11.2. The van der Waals surface area contributed by atoms with Crippen LogP contribution in [0.5, 0.6) is 23.0 Å². The van der Waals surface area contributed by atoms with Gasteiger partial charge in [-0.2, -0.15) is 0 Å². The summed E-state index contributed by atoms with van der Waals surface area (Å²) in [5, 5.41) is 135. The van der Waals surface area contributed by atoms with E-state index < -0.39 is 144 Å². The van der Waals surface area contributed by atoms with Crippen molar-refractivity contribution < 1.29 is 94.5 Å². The molecular formula is C33H40O20. The fraction of sp³-hybridized carbons (Fsp3) is 0.545. The molecule has 4 heterocycles. The molecule has 3 saturated heterocycles. The van der Waals surface area contributed by atoms with E-state index in [1.807, 2.05) is 0 Å². The van der Waals surface area contributed by atoms with Crippen molar-refractivity contribution in [2.45, 2.75) is 98.9 Å². The van der Waals surface area contributed by atoms with Crippen molar-refractivity contribution in [2.24, 2.45) is 0 Å². The van der Waals surface area contributed by atoms with Crippen molar-refractivity contribution in [3.05, 3.63) is 46.1 Å². The maximum atomic E-state index is 13.5. The number of phenols is 3. The Morgan fingerprint density at radius 1 is 0.660 bits per heavy atom. The van der Waals surface area contributed by atoms with Crippen LogP contribution >= 0.6 is 0 Å². The third kappa shape index (κ3) is 7.03. The summed E-state index contributed by atoms with van der Waals surface area (Å²) in [5.41, 5.74) is -1.88. The van der Waals surface area contributed by atoms with Gasteiger partial charge in [-0.15, -0.1) is 0 Å². The number of hydrogen-bond acceptors (Lipinski definition) is 20. The molecule has 3 aliphatic rings. The highest BCUT2D eigenvalue weighted by Gasteiger charge is 2.51. The quantitative estimate of drug-likeness (QED) is 0.105. The average Bonchev–Trinajstić information content (AvgIpc) is 3.12. The van der Waals surface area contributed by atoms with Crippen LogP contribution in [0.2, 0.25) is 0 Å². The number of hydrogen-bond donors (Lipinski definition) is 13. The van der Waals surface area contributed by atoms with E-state index in [-0.39, 0.29) is 17.1 Å². The van der Waals surface area contributed by atoms with Gasteiger partial charge in [0, 0.05) is 17.7 Å². The third-order valence-electron chi connectivity index (χ3n) is 9.58. The Bertz CT molecular complexity index is 1830. The van der Waals surface area contributed by atoms with E-state index in [1.54, 1.807) is 0 Å². The summed E-state index contributed by atoms with van der Waals surface area (Å²) in [4.78, 5) is 13.5. The van der Waals surface area contributed by atoms with Gasteiger partial charge in [0.15, 0.2) is 28.8 Å². The van der Waals surface area contributed by atoms with Crippen LogP contribution in [-0.4, -0.2) is 165 Å². The molecule has 0 saturated carbocycles. The Hall–Kier alpha value is -3.71. The fourth-order valence-corrected chi connectivity index (χ4v) is 6.55. The van der Waals surface area contributed by atoms with Crippen LogP contribution in [-0.2, 0) is 18.9 Å². The van der Waals surface area contributed by atoms with E-state index in [2.05, 4.69) is 0 Å². The Balaban J connectivity index is 1.40. The predicted molar refractivity (Wildman–Crippen MR) is 171 cm³/mol. The standard InChI is InChI=1S/C33H40O20/c1-9-21(40)24(43)27(46)32(48-9)53-31-26(45)23(42)17(7-34)50-30(31)20-13(38)5-12(37)19-14(39)6-16(49-29(19)20)10-2-3-15(11(36)4-10)51-33-28(47)25(44)22(41)18(8-35)52-33/h2-6,9,17-18,21-28,30-38,40-47H,7-8H2,1H3/t9-,17-,18-,21+,22-,23-,24+,25-,26+,27-,28+,30+,31-,32+,33-/m1/s1. The Morgan fingerprint density at radius 2 is 1.28 bits per heavy atom. The van der Waals surface area contributed by atoms with Crippen LogP contribution < -0.4 is 10.2 Å². The van der Waals surface area contributed by atoms with Crippen molar-refractivity contribution in [1.82, 2.24) is 0 Å². The highest BCUT2D eigenvalue weighted by Crippen LogP contribution is 2.46. The summed E-state index contributed by atoms with van der Waals surface area (Å²) in [6, 6.07) is 5.20. The van der Waals surface area contributed by atoms with Gasteiger partial charge in [0.05, 0.1) is 24.9 Å². The molecule has 15 atom stereocenters. The van der Waals surface area contributed by atoms with Crippen LogP contribution in [0.4, 0.5) is 0 Å². The van der Waals surface area contributed by atoms with Crippen LogP contribution in [0.15, 0.2) is 39.5 Å². The van der Waals surface area contributed by atoms with Gasteiger partial charge in [-0.3, -0.25) is 4.79 Å². The lowest BCUT2D eigenvalue weighted by molar-refractivity contribution is -0.338. The van der Waals surface area contributed by atoms with E-state index in [0.29, 0.717) is 0 Å². The van der Waals surface area contributed by atoms with E-state index in [1.165, 1.54) is 13.0 Å². The monoisotopic (exact) mass is 756 g/mol. The number of fused-ring (bicyclic) bond motifs is 1. The molecule has 1 aromatic heterocycles. The van der Waals surface area contributed by atoms with Gasteiger partial charge in [0.25, 0.3) is 0 Å². The maximum absolute atomic E-state index is 13.5. The molecule has 0 spiro atoms. The highest BCUT2D eigenvalue weighted by atomic mass is 16.7. The molecule has 0 amide bonds. The zero-order valence-corrected chi connectivity index (χ0v) is 27.6. The maximum Gasteiger partial charge on any atom is 0.229 e. The molecule has 3 aromatic rings. The number of rotatable bonds is 8. The zero-order valence-electron chi connectivity index (χ0n) is 27.6. The van der Waals surface area contributed by atoms with Crippen molar-refractivity contribution in [1.29, 1.82) is 0 Å². The summed E-state index contributed by atoms with van der Waals surface area (Å²) < 4.78 is 33.9. The average molecular weight is 757 g/mol. The first kappa shape index (κ1) is 39.0. The Labute approximate surface area is 298 Å². The van der Waals surface area contributed by atoms with Gasteiger partial charge in [0.2, 0.25) is 6.29 Å². The molecule has 20 heteroatoms. The third-order valence-corrected chi connectivity index (χ3v) is 9.58. The molecule has 0 radical (unpaired) electrons. The van der Waals surface area contributed by atoms with Gasteiger partial charge < -0.3 is 94.5 Å². The van der Waals surface area contributed by atoms with Crippen molar-refractivity contribution >= 4 is 11.0 Å². The summed E-state index contributed by atoms with van der Waals surface area (Å²) in [6.07, 6.45) is -25.1. The number of phenolic OH excluding ortho intramolecular Hbond substituents is 3. The second kappa shape index (κ2) is 15.2. The number of ether oxygens (including phenoxy) is 5. The molecule has 0 aliphatic carbocycles. The minimum atomic E-state index is -1.95. The van der Waals surface area contributed by atoms with E-state index >= 15 is 0 Å². The van der Waals surface area contributed by atoms with E-state index in [4.69, 9.17) is 28.1 Å².